The highest BCUT2D eigenvalue weighted by atomic mass is 16.4. The highest BCUT2D eigenvalue weighted by molar-refractivity contribution is 5.62. The summed E-state index contributed by atoms with van der Waals surface area (Å²) in [6.45, 7) is 7.35. The average Bonchev–Trinajstić information content (AvgIpc) is 2.35. The first-order valence-corrected chi connectivity index (χ1v) is 6.62. The number of carboxylic acid groups (broad SMARTS) is 1. The summed E-state index contributed by atoms with van der Waals surface area (Å²) in [6.07, 6.45) is -0.653. The summed E-state index contributed by atoms with van der Waals surface area (Å²) in [5, 5.41) is 39.0. The van der Waals surface area contributed by atoms with Crippen molar-refractivity contribution in [2.24, 2.45) is 0 Å². The molecule has 0 saturated heterocycles. The number of rotatable bonds is 4. The van der Waals surface area contributed by atoms with Gasteiger partial charge in [-0.15, -0.1) is 0 Å². The number of aliphatic carboxylic acids is 1. The van der Waals surface area contributed by atoms with Crippen molar-refractivity contribution in [3.8, 4) is 5.75 Å². The molecule has 0 fully saturated rings. The van der Waals surface area contributed by atoms with Gasteiger partial charge in [-0.05, 0) is 38.5 Å². The molecule has 1 rings (SSSR count). The molecule has 0 bridgehead atoms. The van der Waals surface area contributed by atoms with Crippen LogP contribution >= 0.6 is 0 Å². The standard InChI is InChI=1S/C13H21NO3.C2H4O2/c1-13(2,3)14-7-12(17)9-4-5-11(16)10(6-9)8-15;1-2(3)4/h4-6,12,14-17H,7-8H2,1-3H3;1H3,(H,3,4)/t12-;/m0./s1. The first-order chi connectivity index (χ1) is 9.56. The molecule has 0 aliphatic rings. The van der Waals surface area contributed by atoms with Gasteiger partial charge in [0.15, 0.2) is 0 Å². The lowest BCUT2D eigenvalue weighted by Gasteiger charge is -2.23. The minimum absolute atomic E-state index is 0.0484. The fraction of sp³-hybridized carbons (Fsp3) is 0.533. The third-order valence-electron chi connectivity index (χ3n) is 2.48. The van der Waals surface area contributed by atoms with Crippen molar-refractivity contribution in [3.05, 3.63) is 29.3 Å². The molecule has 0 amide bonds. The van der Waals surface area contributed by atoms with E-state index in [2.05, 4.69) is 5.32 Å². The summed E-state index contributed by atoms with van der Waals surface area (Å²) < 4.78 is 0. The van der Waals surface area contributed by atoms with Gasteiger partial charge in [0.2, 0.25) is 0 Å². The smallest absolute Gasteiger partial charge is 0.300 e. The number of β-amino-alcohol motifs (C(OH)–C–C–N with tert-alkyl or cyclic N) is 1. The number of carbonyl (C=O) groups is 1. The Labute approximate surface area is 125 Å². The van der Waals surface area contributed by atoms with Crippen LogP contribution in [0.5, 0.6) is 5.75 Å². The van der Waals surface area contributed by atoms with Crippen molar-refractivity contribution in [1.82, 2.24) is 5.32 Å². The van der Waals surface area contributed by atoms with Gasteiger partial charge in [0.1, 0.15) is 5.75 Å². The third-order valence-corrected chi connectivity index (χ3v) is 2.48. The molecule has 0 aliphatic heterocycles. The molecule has 0 radical (unpaired) electrons. The highest BCUT2D eigenvalue weighted by Crippen LogP contribution is 2.22. The van der Waals surface area contributed by atoms with Gasteiger partial charge in [0.05, 0.1) is 12.7 Å². The predicted molar refractivity (Wildman–Crippen MR) is 80.1 cm³/mol. The van der Waals surface area contributed by atoms with Gasteiger partial charge in [0.25, 0.3) is 5.97 Å². The van der Waals surface area contributed by atoms with Crippen LogP contribution in [0.3, 0.4) is 0 Å². The number of phenols is 1. The van der Waals surface area contributed by atoms with Crippen LogP contribution in [0.2, 0.25) is 0 Å². The second-order valence-electron chi connectivity index (χ2n) is 5.71. The molecule has 0 spiro atoms. The average molecular weight is 299 g/mol. The zero-order chi connectivity index (χ0) is 16.6. The maximum atomic E-state index is 9.97. The van der Waals surface area contributed by atoms with E-state index in [1.165, 1.54) is 6.07 Å². The van der Waals surface area contributed by atoms with Crippen molar-refractivity contribution in [3.63, 3.8) is 0 Å². The van der Waals surface area contributed by atoms with Crippen LogP contribution in [-0.4, -0.2) is 38.5 Å². The van der Waals surface area contributed by atoms with Gasteiger partial charge in [-0.25, -0.2) is 0 Å². The van der Waals surface area contributed by atoms with Crippen LogP contribution < -0.4 is 5.32 Å². The summed E-state index contributed by atoms with van der Waals surface area (Å²) in [5.74, 6) is -0.785. The van der Waals surface area contributed by atoms with E-state index in [4.69, 9.17) is 15.0 Å². The van der Waals surface area contributed by atoms with Gasteiger partial charge in [-0.3, -0.25) is 4.79 Å². The SMILES string of the molecule is CC(=O)O.CC(C)(C)NC[C@H](O)c1ccc(O)c(CO)c1. The van der Waals surface area contributed by atoms with Gasteiger partial charge < -0.3 is 25.7 Å². The van der Waals surface area contributed by atoms with E-state index in [0.29, 0.717) is 17.7 Å². The molecule has 1 aromatic carbocycles. The Morgan fingerprint density at radius 1 is 1.33 bits per heavy atom. The number of carboxylic acids is 1. The fourth-order valence-electron chi connectivity index (χ4n) is 1.46. The normalized spacial score (nSPS) is 12.3. The molecular formula is C15H25NO5. The van der Waals surface area contributed by atoms with Crippen LogP contribution in [-0.2, 0) is 11.4 Å². The molecule has 0 unspecified atom stereocenters. The Morgan fingerprint density at radius 2 is 1.86 bits per heavy atom. The lowest BCUT2D eigenvalue weighted by Crippen LogP contribution is -2.38. The molecule has 6 nitrogen and oxygen atoms in total. The number of nitrogens with one attached hydrogen (secondary N) is 1. The largest absolute Gasteiger partial charge is 0.508 e. The Balaban J connectivity index is 0.000000885. The molecule has 6 heteroatoms. The van der Waals surface area contributed by atoms with Crippen LogP contribution in [0.4, 0.5) is 0 Å². The molecule has 0 saturated carbocycles. The summed E-state index contributed by atoms with van der Waals surface area (Å²) in [4.78, 5) is 9.00. The minimum Gasteiger partial charge on any atom is -0.508 e. The minimum atomic E-state index is -0.833. The van der Waals surface area contributed by atoms with Gasteiger partial charge in [-0.1, -0.05) is 6.07 Å². The quantitative estimate of drug-likeness (QED) is 0.575. The van der Waals surface area contributed by atoms with Crippen LogP contribution in [0, 0.1) is 0 Å². The number of hydrogen-bond donors (Lipinski definition) is 5. The van der Waals surface area contributed by atoms with E-state index in [9.17, 15) is 10.2 Å². The second-order valence-corrected chi connectivity index (χ2v) is 5.71. The lowest BCUT2D eigenvalue weighted by atomic mass is 10.0. The fourth-order valence-corrected chi connectivity index (χ4v) is 1.46. The summed E-state index contributed by atoms with van der Waals surface area (Å²) in [5.41, 5.74) is 1.05. The van der Waals surface area contributed by atoms with Gasteiger partial charge >= 0.3 is 0 Å². The molecule has 0 heterocycles. The molecule has 21 heavy (non-hydrogen) atoms. The first-order valence-electron chi connectivity index (χ1n) is 6.62. The van der Waals surface area contributed by atoms with Crippen molar-refractivity contribution < 1.29 is 25.2 Å². The van der Waals surface area contributed by atoms with E-state index in [-0.39, 0.29) is 17.9 Å². The summed E-state index contributed by atoms with van der Waals surface area (Å²) in [6, 6.07) is 4.76. The van der Waals surface area contributed by atoms with Crippen molar-refractivity contribution in [2.45, 2.75) is 45.9 Å². The summed E-state index contributed by atoms with van der Waals surface area (Å²) >= 11 is 0. The third kappa shape index (κ3) is 9.01. The van der Waals surface area contributed by atoms with Crippen molar-refractivity contribution >= 4 is 5.97 Å². The number of aromatic hydroxyl groups is 1. The van der Waals surface area contributed by atoms with E-state index >= 15 is 0 Å². The first kappa shape index (κ1) is 19.4. The van der Waals surface area contributed by atoms with E-state index in [1.807, 2.05) is 20.8 Å². The second kappa shape index (κ2) is 8.61. The highest BCUT2D eigenvalue weighted by Gasteiger charge is 2.14. The predicted octanol–water partition coefficient (Wildman–Crippen LogP) is 1.40. The monoisotopic (exact) mass is 299 g/mol. The Hall–Kier alpha value is -1.63. The topological polar surface area (TPSA) is 110 Å². The van der Waals surface area contributed by atoms with Crippen LogP contribution in [0.25, 0.3) is 0 Å². The summed E-state index contributed by atoms with van der Waals surface area (Å²) in [7, 11) is 0. The van der Waals surface area contributed by atoms with Crippen LogP contribution in [0.15, 0.2) is 18.2 Å². The molecule has 1 aromatic rings. The molecule has 1 atom stereocenters. The van der Waals surface area contributed by atoms with E-state index in [0.717, 1.165) is 6.92 Å². The number of aliphatic hydroxyl groups is 2. The van der Waals surface area contributed by atoms with Crippen molar-refractivity contribution in [2.75, 3.05) is 6.54 Å². The Bertz CT molecular complexity index is 450. The molecule has 5 N–H and O–H groups in total. The Kier molecular flexibility index (Phi) is 7.94. The maximum absolute atomic E-state index is 9.97. The van der Waals surface area contributed by atoms with Crippen molar-refractivity contribution in [1.29, 1.82) is 0 Å². The zero-order valence-electron chi connectivity index (χ0n) is 12.9. The van der Waals surface area contributed by atoms with E-state index < -0.39 is 12.1 Å². The lowest BCUT2D eigenvalue weighted by molar-refractivity contribution is -0.134. The van der Waals surface area contributed by atoms with Crippen LogP contribution in [0.1, 0.15) is 44.9 Å². The molecule has 120 valence electrons. The Morgan fingerprint density at radius 3 is 2.29 bits per heavy atom. The molecule has 0 aromatic heterocycles. The maximum Gasteiger partial charge on any atom is 0.300 e. The number of hydrogen-bond acceptors (Lipinski definition) is 5. The molecular weight excluding hydrogens is 274 g/mol. The molecule has 0 aliphatic carbocycles. The zero-order valence-corrected chi connectivity index (χ0v) is 12.9. The number of aliphatic hydroxyl groups excluding tert-OH is 2. The van der Waals surface area contributed by atoms with Gasteiger partial charge in [-0.2, -0.15) is 0 Å². The van der Waals surface area contributed by atoms with Gasteiger partial charge in [0, 0.05) is 24.6 Å². The number of benzene rings is 1. The van der Waals surface area contributed by atoms with E-state index in [1.54, 1.807) is 12.1 Å².